The Morgan fingerprint density at radius 3 is 2.79 bits per heavy atom. The van der Waals surface area contributed by atoms with E-state index in [0.717, 1.165) is 31.5 Å². The number of aryl methyl sites for hydroxylation is 2. The van der Waals surface area contributed by atoms with Gasteiger partial charge in [0.25, 0.3) is 0 Å². The van der Waals surface area contributed by atoms with Gasteiger partial charge >= 0.3 is 0 Å². The zero-order valence-corrected chi connectivity index (χ0v) is 11.9. The van der Waals surface area contributed by atoms with E-state index in [4.69, 9.17) is 4.74 Å². The van der Waals surface area contributed by atoms with Crippen LogP contribution in [0, 0.1) is 13.8 Å². The van der Waals surface area contributed by atoms with E-state index in [1.807, 2.05) is 0 Å². The van der Waals surface area contributed by atoms with Gasteiger partial charge in [0.15, 0.2) is 5.78 Å². The zero-order chi connectivity index (χ0) is 13.7. The lowest BCUT2D eigenvalue weighted by molar-refractivity contribution is -0.125. The summed E-state index contributed by atoms with van der Waals surface area (Å²) >= 11 is 0. The Labute approximate surface area is 115 Å². The largest absolute Gasteiger partial charge is 0.370 e. The summed E-state index contributed by atoms with van der Waals surface area (Å²) in [5, 5.41) is 3.29. The Hall–Kier alpha value is -1.19. The predicted molar refractivity (Wildman–Crippen MR) is 76.5 cm³/mol. The molecule has 3 heteroatoms. The molecule has 1 aliphatic rings. The summed E-state index contributed by atoms with van der Waals surface area (Å²) in [6, 6.07) is 6.25. The molecule has 0 aliphatic carbocycles. The molecule has 1 aromatic carbocycles. The Morgan fingerprint density at radius 2 is 2.05 bits per heavy atom. The van der Waals surface area contributed by atoms with Crippen LogP contribution >= 0.6 is 0 Å². The van der Waals surface area contributed by atoms with E-state index in [9.17, 15) is 4.79 Å². The summed E-state index contributed by atoms with van der Waals surface area (Å²) in [7, 11) is 0. The lowest BCUT2D eigenvalue weighted by Gasteiger charge is -2.22. The number of nitrogens with one attached hydrogen (secondary N) is 1. The Bertz CT molecular complexity index is 436. The number of rotatable bonds is 5. The first-order chi connectivity index (χ1) is 9.15. The number of piperidine rings is 1. The average Bonchev–Trinajstić information content (AvgIpc) is 2.42. The Balaban J connectivity index is 1.81. The summed E-state index contributed by atoms with van der Waals surface area (Å²) in [5.41, 5.74) is 3.51. The molecule has 0 radical (unpaired) electrons. The molecule has 0 atom stereocenters. The summed E-state index contributed by atoms with van der Waals surface area (Å²) in [5.74, 6) is 0.173. The molecule has 1 fully saturated rings. The zero-order valence-electron chi connectivity index (χ0n) is 11.9. The number of carbonyl (C=O) groups is 1. The molecule has 2 rings (SSSR count). The molecular weight excluding hydrogens is 238 g/mol. The Kier molecular flexibility index (Phi) is 5.11. The average molecular weight is 261 g/mol. The van der Waals surface area contributed by atoms with Crippen molar-refractivity contribution in [1.29, 1.82) is 0 Å². The molecule has 1 N–H and O–H groups in total. The van der Waals surface area contributed by atoms with Crippen molar-refractivity contribution in [2.45, 2.75) is 39.2 Å². The highest BCUT2D eigenvalue weighted by molar-refractivity contribution is 5.82. The molecular formula is C16H23NO2. The van der Waals surface area contributed by atoms with E-state index in [2.05, 4.69) is 37.4 Å². The first-order valence-electron chi connectivity index (χ1n) is 7.05. The first kappa shape index (κ1) is 14.2. The fourth-order valence-corrected chi connectivity index (χ4v) is 2.43. The molecule has 104 valence electrons. The molecule has 1 aliphatic heterocycles. The van der Waals surface area contributed by atoms with Gasteiger partial charge in [-0.1, -0.05) is 23.8 Å². The minimum atomic E-state index is 0.173. The maximum absolute atomic E-state index is 12.0. The number of Topliss-reactive ketones (excluding diaryl/α,β-unsaturated/α-hetero) is 1. The summed E-state index contributed by atoms with van der Waals surface area (Å²) in [6.07, 6.45) is 2.76. The van der Waals surface area contributed by atoms with Crippen LogP contribution in [0.3, 0.4) is 0 Å². The van der Waals surface area contributed by atoms with Gasteiger partial charge in [0.2, 0.25) is 0 Å². The SMILES string of the molecule is Cc1ccc(C)c(CC(=O)COC2CCNCC2)c1. The molecule has 0 spiro atoms. The summed E-state index contributed by atoms with van der Waals surface area (Å²) < 4.78 is 5.70. The molecule has 1 heterocycles. The van der Waals surface area contributed by atoms with Crippen molar-refractivity contribution in [3.63, 3.8) is 0 Å². The van der Waals surface area contributed by atoms with Crippen molar-refractivity contribution in [3.8, 4) is 0 Å². The second kappa shape index (κ2) is 6.83. The molecule has 0 aromatic heterocycles. The second-order valence-electron chi connectivity index (χ2n) is 5.41. The highest BCUT2D eigenvalue weighted by Gasteiger charge is 2.15. The fourth-order valence-electron chi connectivity index (χ4n) is 2.43. The smallest absolute Gasteiger partial charge is 0.162 e. The molecule has 0 amide bonds. The minimum Gasteiger partial charge on any atom is -0.370 e. The third kappa shape index (κ3) is 4.44. The predicted octanol–water partition coefficient (Wildman–Crippen LogP) is 2.18. The van der Waals surface area contributed by atoms with Crippen molar-refractivity contribution in [2.24, 2.45) is 0 Å². The van der Waals surface area contributed by atoms with Crippen LogP contribution in [0.15, 0.2) is 18.2 Å². The van der Waals surface area contributed by atoms with E-state index in [0.29, 0.717) is 6.42 Å². The van der Waals surface area contributed by atoms with Gasteiger partial charge in [-0.2, -0.15) is 0 Å². The van der Waals surface area contributed by atoms with Crippen LogP contribution in [-0.4, -0.2) is 31.6 Å². The van der Waals surface area contributed by atoms with Crippen molar-refractivity contribution in [2.75, 3.05) is 19.7 Å². The van der Waals surface area contributed by atoms with Gasteiger partial charge in [-0.3, -0.25) is 4.79 Å². The molecule has 3 nitrogen and oxygen atoms in total. The highest BCUT2D eigenvalue weighted by Crippen LogP contribution is 2.12. The molecule has 0 bridgehead atoms. The van der Waals surface area contributed by atoms with Crippen LogP contribution in [0.5, 0.6) is 0 Å². The number of hydrogen-bond acceptors (Lipinski definition) is 3. The topological polar surface area (TPSA) is 38.3 Å². The van der Waals surface area contributed by atoms with Crippen LogP contribution < -0.4 is 5.32 Å². The van der Waals surface area contributed by atoms with Gasteiger partial charge in [-0.25, -0.2) is 0 Å². The maximum Gasteiger partial charge on any atom is 0.162 e. The quantitative estimate of drug-likeness (QED) is 0.883. The van der Waals surface area contributed by atoms with E-state index in [-0.39, 0.29) is 18.5 Å². The monoisotopic (exact) mass is 261 g/mol. The standard InChI is InChI=1S/C16H23NO2/c1-12-3-4-13(2)14(9-12)10-15(18)11-19-16-5-7-17-8-6-16/h3-4,9,16-17H,5-8,10-11H2,1-2H3. The third-order valence-corrected chi connectivity index (χ3v) is 3.66. The van der Waals surface area contributed by atoms with Crippen LogP contribution in [-0.2, 0) is 16.0 Å². The fraction of sp³-hybridized carbons (Fsp3) is 0.562. The van der Waals surface area contributed by atoms with Gasteiger partial charge in [-0.05, 0) is 50.9 Å². The molecule has 0 saturated carbocycles. The summed E-state index contributed by atoms with van der Waals surface area (Å²) in [6.45, 7) is 6.35. The van der Waals surface area contributed by atoms with E-state index >= 15 is 0 Å². The number of carbonyl (C=O) groups excluding carboxylic acids is 1. The lowest BCUT2D eigenvalue weighted by Crippen LogP contribution is -2.33. The third-order valence-electron chi connectivity index (χ3n) is 3.66. The van der Waals surface area contributed by atoms with Crippen LogP contribution in [0.2, 0.25) is 0 Å². The first-order valence-corrected chi connectivity index (χ1v) is 7.05. The van der Waals surface area contributed by atoms with Crippen LogP contribution in [0.4, 0.5) is 0 Å². The number of ether oxygens (including phenoxy) is 1. The van der Waals surface area contributed by atoms with E-state index in [1.165, 1.54) is 11.1 Å². The van der Waals surface area contributed by atoms with Gasteiger partial charge in [-0.15, -0.1) is 0 Å². The van der Waals surface area contributed by atoms with Gasteiger partial charge in [0.05, 0.1) is 6.10 Å². The molecule has 1 saturated heterocycles. The van der Waals surface area contributed by atoms with Crippen LogP contribution in [0.25, 0.3) is 0 Å². The normalized spacial score (nSPS) is 16.5. The van der Waals surface area contributed by atoms with Crippen molar-refractivity contribution < 1.29 is 9.53 Å². The van der Waals surface area contributed by atoms with Gasteiger partial charge in [0, 0.05) is 6.42 Å². The maximum atomic E-state index is 12.0. The minimum absolute atomic E-state index is 0.173. The van der Waals surface area contributed by atoms with E-state index in [1.54, 1.807) is 0 Å². The molecule has 19 heavy (non-hydrogen) atoms. The number of benzene rings is 1. The molecule has 0 unspecified atom stereocenters. The molecule has 1 aromatic rings. The van der Waals surface area contributed by atoms with Gasteiger partial charge < -0.3 is 10.1 Å². The Morgan fingerprint density at radius 1 is 1.32 bits per heavy atom. The van der Waals surface area contributed by atoms with E-state index < -0.39 is 0 Å². The van der Waals surface area contributed by atoms with Crippen molar-refractivity contribution >= 4 is 5.78 Å². The summed E-state index contributed by atoms with van der Waals surface area (Å²) in [4.78, 5) is 12.0. The van der Waals surface area contributed by atoms with Crippen molar-refractivity contribution in [3.05, 3.63) is 34.9 Å². The van der Waals surface area contributed by atoms with Crippen molar-refractivity contribution in [1.82, 2.24) is 5.32 Å². The number of hydrogen-bond donors (Lipinski definition) is 1. The second-order valence-corrected chi connectivity index (χ2v) is 5.41. The van der Waals surface area contributed by atoms with Crippen LogP contribution in [0.1, 0.15) is 29.5 Å². The van der Waals surface area contributed by atoms with Gasteiger partial charge in [0.1, 0.15) is 6.61 Å². The lowest BCUT2D eigenvalue weighted by atomic mass is 10.0. The highest BCUT2D eigenvalue weighted by atomic mass is 16.5. The number of ketones is 1.